The van der Waals surface area contributed by atoms with Gasteiger partial charge in [-0.15, -0.1) is 0 Å². The van der Waals surface area contributed by atoms with Gasteiger partial charge in [-0.1, -0.05) is 11.3 Å². The molecule has 0 aliphatic carbocycles. The summed E-state index contributed by atoms with van der Waals surface area (Å²) in [5.74, 6) is -1.05. The number of ether oxygens (including phenoxy) is 1. The van der Waals surface area contributed by atoms with Gasteiger partial charge in [0.05, 0.1) is 21.7 Å². The molecule has 0 saturated carbocycles. The molecule has 11 heteroatoms. The number of carbonyl (C=O) groups is 2. The van der Waals surface area contributed by atoms with Gasteiger partial charge in [0, 0.05) is 19.5 Å². The Morgan fingerprint density at radius 2 is 2.04 bits per heavy atom. The molecule has 0 N–H and O–H groups in total. The number of sulfone groups is 1. The zero-order valence-corrected chi connectivity index (χ0v) is 17.1. The molecule has 3 aromatic rings. The Bertz CT molecular complexity index is 1230. The van der Waals surface area contributed by atoms with Crippen LogP contribution in [0, 0.1) is 0 Å². The van der Waals surface area contributed by atoms with Crippen LogP contribution in [-0.2, 0) is 33.0 Å². The number of carbonyl (C=O) groups excluding carboxylic acids is 2. The number of nitrogens with zero attached hydrogens (tertiary/aromatic N) is 4. The molecular formula is C17H18N4O5S2. The molecule has 3 rings (SSSR count). The summed E-state index contributed by atoms with van der Waals surface area (Å²) in [5.41, 5.74) is 0.748. The molecular weight excluding hydrogens is 404 g/mol. The first-order valence-corrected chi connectivity index (χ1v) is 11.0. The number of hydrogen-bond acceptors (Lipinski definition) is 7. The maximum absolute atomic E-state index is 12.4. The van der Waals surface area contributed by atoms with E-state index in [1.807, 2.05) is 0 Å². The van der Waals surface area contributed by atoms with E-state index in [0.717, 1.165) is 17.6 Å². The van der Waals surface area contributed by atoms with Crippen LogP contribution in [0.1, 0.15) is 17.4 Å². The predicted octanol–water partition coefficient (Wildman–Crippen LogP) is 1.14. The van der Waals surface area contributed by atoms with E-state index in [1.165, 1.54) is 27.4 Å². The quantitative estimate of drug-likeness (QED) is 0.570. The summed E-state index contributed by atoms with van der Waals surface area (Å²) in [6, 6.07) is 6.08. The number of aromatic nitrogens is 3. The maximum Gasteiger partial charge on any atom is 0.326 e. The van der Waals surface area contributed by atoms with Crippen LogP contribution in [0.4, 0.5) is 0 Å². The summed E-state index contributed by atoms with van der Waals surface area (Å²) in [6.45, 7) is 1.77. The first-order valence-electron chi connectivity index (χ1n) is 8.27. The monoisotopic (exact) mass is 422 g/mol. The van der Waals surface area contributed by atoms with E-state index in [4.69, 9.17) is 4.74 Å². The molecule has 1 aromatic carbocycles. The fourth-order valence-corrected chi connectivity index (χ4v) is 4.32. The molecule has 0 radical (unpaired) electrons. The Balaban J connectivity index is 2.16. The summed E-state index contributed by atoms with van der Waals surface area (Å²) in [5, 5.41) is 4.02. The van der Waals surface area contributed by atoms with Gasteiger partial charge in [-0.25, -0.2) is 8.42 Å². The number of amides is 1. The molecule has 28 heavy (non-hydrogen) atoms. The standard InChI is InChI=1S/C17H18N4O5S2/c1-4-26-15(22)10-21-13-6-5-11(28(3,24)25)9-14(13)27-17(21)18-16(23)12-7-8-20(2)19-12/h5-9H,4,10H2,1-3H3. The third-order valence-corrected chi connectivity index (χ3v) is 5.96. The molecule has 0 spiro atoms. The smallest absolute Gasteiger partial charge is 0.326 e. The molecule has 0 unspecified atom stereocenters. The largest absolute Gasteiger partial charge is 0.465 e. The van der Waals surface area contributed by atoms with Crippen LogP contribution in [-0.4, -0.2) is 47.5 Å². The first-order chi connectivity index (χ1) is 13.2. The average Bonchev–Trinajstić information content (AvgIpc) is 3.18. The van der Waals surface area contributed by atoms with Gasteiger partial charge in [-0.2, -0.15) is 10.1 Å². The summed E-state index contributed by atoms with van der Waals surface area (Å²) >= 11 is 1.11. The molecule has 9 nitrogen and oxygen atoms in total. The van der Waals surface area contributed by atoms with Gasteiger partial charge in [0.2, 0.25) is 0 Å². The number of esters is 1. The fraction of sp³-hybridized carbons (Fsp3) is 0.294. The number of hydrogen-bond donors (Lipinski definition) is 0. The van der Waals surface area contributed by atoms with Crippen molar-refractivity contribution < 1.29 is 22.7 Å². The van der Waals surface area contributed by atoms with E-state index in [9.17, 15) is 18.0 Å². The van der Waals surface area contributed by atoms with Crippen molar-refractivity contribution in [2.45, 2.75) is 18.4 Å². The van der Waals surface area contributed by atoms with E-state index >= 15 is 0 Å². The Hall–Kier alpha value is -2.79. The van der Waals surface area contributed by atoms with Crippen LogP contribution in [0.5, 0.6) is 0 Å². The van der Waals surface area contributed by atoms with Crippen LogP contribution in [0.25, 0.3) is 10.2 Å². The lowest BCUT2D eigenvalue weighted by atomic mass is 10.3. The molecule has 0 atom stereocenters. The number of benzene rings is 1. The number of thiazole rings is 1. The number of rotatable bonds is 5. The molecule has 2 aromatic heterocycles. The van der Waals surface area contributed by atoms with Crippen LogP contribution >= 0.6 is 11.3 Å². The normalized spacial score (nSPS) is 12.5. The molecule has 1 amide bonds. The van der Waals surface area contributed by atoms with Crippen molar-refractivity contribution in [2.75, 3.05) is 12.9 Å². The van der Waals surface area contributed by atoms with Gasteiger partial charge < -0.3 is 9.30 Å². The molecule has 0 bridgehead atoms. The van der Waals surface area contributed by atoms with Crippen molar-refractivity contribution in [3.63, 3.8) is 0 Å². The Morgan fingerprint density at radius 1 is 1.29 bits per heavy atom. The summed E-state index contributed by atoms with van der Waals surface area (Å²) in [4.78, 5) is 28.9. The minimum absolute atomic E-state index is 0.145. The van der Waals surface area contributed by atoms with Crippen LogP contribution in [0.3, 0.4) is 0 Å². The maximum atomic E-state index is 12.4. The number of aryl methyl sites for hydroxylation is 1. The van der Waals surface area contributed by atoms with E-state index in [0.29, 0.717) is 10.2 Å². The van der Waals surface area contributed by atoms with E-state index in [2.05, 4.69) is 10.1 Å². The highest BCUT2D eigenvalue weighted by Gasteiger charge is 2.16. The van der Waals surface area contributed by atoms with Crippen molar-refractivity contribution in [2.24, 2.45) is 12.0 Å². The van der Waals surface area contributed by atoms with Gasteiger partial charge in [0.1, 0.15) is 6.54 Å². The molecule has 148 valence electrons. The highest BCUT2D eigenvalue weighted by molar-refractivity contribution is 7.90. The first kappa shape index (κ1) is 20.0. The molecule has 2 heterocycles. The summed E-state index contributed by atoms with van der Waals surface area (Å²) < 4.78 is 32.3. The van der Waals surface area contributed by atoms with Gasteiger partial charge in [0.15, 0.2) is 20.3 Å². The van der Waals surface area contributed by atoms with Crippen molar-refractivity contribution in [1.82, 2.24) is 14.3 Å². The summed E-state index contributed by atoms with van der Waals surface area (Å²) in [7, 11) is -1.71. The second-order valence-corrected chi connectivity index (χ2v) is 8.99. The zero-order chi connectivity index (χ0) is 20.5. The van der Waals surface area contributed by atoms with Gasteiger partial charge in [-0.05, 0) is 31.2 Å². The topological polar surface area (TPSA) is 113 Å². The predicted molar refractivity (Wildman–Crippen MR) is 103 cm³/mol. The fourth-order valence-electron chi connectivity index (χ4n) is 2.53. The Morgan fingerprint density at radius 3 is 2.64 bits per heavy atom. The SMILES string of the molecule is CCOC(=O)Cn1c(=NC(=O)c2ccn(C)n2)sc2cc(S(C)(=O)=O)ccc21. The van der Waals surface area contributed by atoms with Crippen molar-refractivity contribution >= 4 is 43.3 Å². The second kappa shape index (κ2) is 7.68. The molecule has 0 fully saturated rings. The highest BCUT2D eigenvalue weighted by atomic mass is 32.2. The van der Waals surface area contributed by atoms with Crippen molar-refractivity contribution in [1.29, 1.82) is 0 Å². The summed E-state index contributed by atoms with van der Waals surface area (Å²) in [6.07, 6.45) is 2.74. The average molecular weight is 422 g/mol. The number of fused-ring (bicyclic) bond motifs is 1. The van der Waals surface area contributed by atoms with Crippen LogP contribution < -0.4 is 4.80 Å². The van der Waals surface area contributed by atoms with Gasteiger partial charge >= 0.3 is 5.97 Å². The minimum Gasteiger partial charge on any atom is -0.465 e. The lowest BCUT2D eigenvalue weighted by Gasteiger charge is -2.05. The lowest BCUT2D eigenvalue weighted by Crippen LogP contribution is -2.23. The van der Waals surface area contributed by atoms with E-state index in [1.54, 1.807) is 26.2 Å². The second-order valence-electron chi connectivity index (χ2n) is 5.97. The lowest BCUT2D eigenvalue weighted by molar-refractivity contribution is -0.143. The Kier molecular flexibility index (Phi) is 5.47. The molecule has 0 aliphatic heterocycles. The van der Waals surface area contributed by atoms with E-state index < -0.39 is 21.7 Å². The highest BCUT2D eigenvalue weighted by Crippen LogP contribution is 2.22. The van der Waals surface area contributed by atoms with Gasteiger partial charge in [-0.3, -0.25) is 14.3 Å². The van der Waals surface area contributed by atoms with Crippen molar-refractivity contribution in [3.05, 3.63) is 41.0 Å². The van der Waals surface area contributed by atoms with E-state index in [-0.39, 0.29) is 28.5 Å². The van der Waals surface area contributed by atoms with Gasteiger partial charge in [0.25, 0.3) is 5.91 Å². The molecule has 0 saturated heterocycles. The van der Waals surface area contributed by atoms with Crippen LogP contribution in [0.15, 0.2) is 40.4 Å². The third-order valence-electron chi connectivity index (χ3n) is 3.80. The Labute approximate surface area is 164 Å². The third kappa shape index (κ3) is 4.20. The minimum atomic E-state index is -3.40. The molecule has 0 aliphatic rings. The zero-order valence-electron chi connectivity index (χ0n) is 15.4. The van der Waals surface area contributed by atoms with Crippen LogP contribution in [0.2, 0.25) is 0 Å². The van der Waals surface area contributed by atoms with Crippen molar-refractivity contribution in [3.8, 4) is 0 Å².